The highest BCUT2D eigenvalue weighted by molar-refractivity contribution is 7.71. The number of nitrogens with zero attached hydrogens (tertiary/aromatic N) is 2. The number of nitrogens with one attached hydrogen (secondary N) is 2. The van der Waals surface area contributed by atoms with E-state index in [1.807, 2.05) is 6.92 Å². The van der Waals surface area contributed by atoms with Crippen molar-refractivity contribution in [2.24, 2.45) is 0 Å². The van der Waals surface area contributed by atoms with Crippen LogP contribution in [0, 0.1) is 4.77 Å². The molecular formula is C13H14Cl2N4O2S. The van der Waals surface area contributed by atoms with Crippen LogP contribution in [0.25, 0.3) is 0 Å². The van der Waals surface area contributed by atoms with Gasteiger partial charge < -0.3 is 14.6 Å². The molecular weight excluding hydrogens is 347 g/mol. The van der Waals surface area contributed by atoms with Gasteiger partial charge in [0.15, 0.2) is 17.2 Å². The second-order valence-corrected chi connectivity index (χ2v) is 5.53. The molecule has 2 N–H and O–H groups in total. The second-order valence-electron chi connectivity index (χ2n) is 4.33. The third-order valence-electron chi connectivity index (χ3n) is 2.86. The molecule has 1 aromatic heterocycles. The highest BCUT2D eigenvalue weighted by atomic mass is 35.5. The second kappa shape index (κ2) is 7.62. The third-order valence-corrected chi connectivity index (χ3v) is 3.91. The molecule has 1 aromatic carbocycles. The summed E-state index contributed by atoms with van der Waals surface area (Å²) >= 11 is 16.7. The fourth-order valence-corrected chi connectivity index (χ4v) is 2.32. The maximum atomic E-state index is 11.8. The molecule has 0 saturated heterocycles. The Kier molecular flexibility index (Phi) is 5.82. The summed E-state index contributed by atoms with van der Waals surface area (Å²) in [4.78, 5) is 11.8. The number of rotatable bonds is 6. The lowest BCUT2D eigenvalue weighted by Crippen LogP contribution is -2.29. The molecule has 0 bridgehead atoms. The minimum absolute atomic E-state index is 0.130. The number of ether oxygens (including phenoxy) is 1. The van der Waals surface area contributed by atoms with Gasteiger partial charge in [-0.25, -0.2) is 0 Å². The number of carbonyl (C=O) groups excluding carboxylic acids is 1. The molecule has 6 nitrogen and oxygen atoms in total. The lowest BCUT2D eigenvalue weighted by atomic mass is 10.3. The maximum absolute atomic E-state index is 11.8. The zero-order chi connectivity index (χ0) is 16.1. The zero-order valence-electron chi connectivity index (χ0n) is 11.7. The van der Waals surface area contributed by atoms with Crippen LogP contribution in [0.1, 0.15) is 12.7 Å². The molecule has 118 valence electrons. The van der Waals surface area contributed by atoms with Crippen molar-refractivity contribution >= 4 is 41.3 Å². The summed E-state index contributed by atoms with van der Waals surface area (Å²) in [6.45, 7) is 2.77. The minimum atomic E-state index is -0.275. The Morgan fingerprint density at radius 3 is 2.91 bits per heavy atom. The lowest BCUT2D eigenvalue weighted by Gasteiger charge is -2.08. The molecule has 0 spiro atoms. The van der Waals surface area contributed by atoms with Crippen LogP contribution in [0.15, 0.2) is 18.2 Å². The van der Waals surface area contributed by atoms with E-state index in [1.165, 1.54) is 0 Å². The van der Waals surface area contributed by atoms with E-state index < -0.39 is 0 Å². The van der Waals surface area contributed by atoms with Gasteiger partial charge in [-0.15, -0.1) is 0 Å². The lowest BCUT2D eigenvalue weighted by molar-refractivity contribution is -0.123. The maximum Gasteiger partial charge on any atom is 0.258 e. The molecule has 1 heterocycles. The Morgan fingerprint density at radius 2 is 2.23 bits per heavy atom. The van der Waals surface area contributed by atoms with Crippen molar-refractivity contribution in [3.63, 3.8) is 0 Å². The molecule has 0 aliphatic rings. The van der Waals surface area contributed by atoms with Crippen LogP contribution in [0.5, 0.6) is 5.75 Å². The standard InChI is InChI=1S/C13H14Cl2N4O2S/c1-2-19-11(17-18-13(19)22)6-16-12(20)7-21-8-3-4-9(14)10(15)5-8/h3-5H,2,6-7H2,1H3,(H,16,20)(H,18,22). The number of aromatic amines is 1. The van der Waals surface area contributed by atoms with Gasteiger partial charge >= 0.3 is 0 Å². The first kappa shape index (κ1) is 16.8. The average Bonchev–Trinajstić information content (AvgIpc) is 2.86. The minimum Gasteiger partial charge on any atom is -0.484 e. The van der Waals surface area contributed by atoms with Gasteiger partial charge in [0, 0.05) is 12.6 Å². The van der Waals surface area contributed by atoms with Crippen LogP contribution in [0.3, 0.4) is 0 Å². The molecule has 22 heavy (non-hydrogen) atoms. The molecule has 0 saturated carbocycles. The Hall–Kier alpha value is -1.57. The van der Waals surface area contributed by atoms with Crippen LogP contribution < -0.4 is 10.1 Å². The first-order chi connectivity index (χ1) is 10.5. The number of halogens is 2. The molecule has 0 atom stereocenters. The Bertz CT molecular complexity index is 729. The topological polar surface area (TPSA) is 71.9 Å². The number of H-pyrrole nitrogens is 1. The third kappa shape index (κ3) is 4.22. The summed E-state index contributed by atoms with van der Waals surface area (Å²) in [6, 6.07) is 4.80. The summed E-state index contributed by atoms with van der Waals surface area (Å²) in [5.74, 6) is 0.860. The van der Waals surface area contributed by atoms with E-state index in [0.29, 0.717) is 32.9 Å². The summed E-state index contributed by atoms with van der Waals surface area (Å²) in [5, 5.41) is 10.3. The molecule has 2 rings (SSSR count). The summed E-state index contributed by atoms with van der Waals surface area (Å²) in [5.41, 5.74) is 0. The van der Waals surface area contributed by atoms with Crippen molar-refractivity contribution in [1.82, 2.24) is 20.1 Å². The fraction of sp³-hybridized carbons (Fsp3) is 0.308. The van der Waals surface area contributed by atoms with E-state index in [-0.39, 0.29) is 19.1 Å². The number of amides is 1. The smallest absolute Gasteiger partial charge is 0.258 e. The van der Waals surface area contributed by atoms with Crippen molar-refractivity contribution in [3.05, 3.63) is 38.8 Å². The normalized spacial score (nSPS) is 10.5. The molecule has 0 radical (unpaired) electrons. The van der Waals surface area contributed by atoms with E-state index in [1.54, 1.807) is 22.8 Å². The molecule has 0 aliphatic heterocycles. The zero-order valence-corrected chi connectivity index (χ0v) is 14.1. The number of carbonyl (C=O) groups is 1. The predicted molar refractivity (Wildman–Crippen MR) is 86.9 cm³/mol. The summed E-state index contributed by atoms with van der Waals surface area (Å²) < 4.78 is 7.67. The predicted octanol–water partition coefficient (Wildman–Crippen LogP) is 2.96. The Labute approximate surface area is 142 Å². The van der Waals surface area contributed by atoms with Gasteiger partial charge in [-0.1, -0.05) is 23.2 Å². The number of hydrogen-bond acceptors (Lipinski definition) is 4. The van der Waals surface area contributed by atoms with Gasteiger partial charge in [0.25, 0.3) is 5.91 Å². The van der Waals surface area contributed by atoms with E-state index in [0.717, 1.165) is 0 Å². The van der Waals surface area contributed by atoms with Gasteiger partial charge in [-0.05, 0) is 31.3 Å². The van der Waals surface area contributed by atoms with Crippen molar-refractivity contribution < 1.29 is 9.53 Å². The van der Waals surface area contributed by atoms with Crippen molar-refractivity contribution in [2.45, 2.75) is 20.0 Å². The van der Waals surface area contributed by atoms with E-state index in [9.17, 15) is 4.79 Å². The molecule has 0 fully saturated rings. The van der Waals surface area contributed by atoms with Crippen LogP contribution in [-0.4, -0.2) is 27.3 Å². The quantitative estimate of drug-likeness (QED) is 0.776. The van der Waals surface area contributed by atoms with E-state index in [4.69, 9.17) is 40.2 Å². The monoisotopic (exact) mass is 360 g/mol. The molecule has 0 aliphatic carbocycles. The highest BCUT2D eigenvalue weighted by Gasteiger charge is 2.08. The first-order valence-electron chi connectivity index (χ1n) is 6.50. The molecule has 1 amide bonds. The van der Waals surface area contributed by atoms with Gasteiger partial charge in [0.05, 0.1) is 16.6 Å². The van der Waals surface area contributed by atoms with E-state index in [2.05, 4.69) is 15.5 Å². The van der Waals surface area contributed by atoms with Gasteiger partial charge in [-0.2, -0.15) is 5.10 Å². The van der Waals surface area contributed by atoms with Crippen molar-refractivity contribution in [2.75, 3.05) is 6.61 Å². The highest BCUT2D eigenvalue weighted by Crippen LogP contribution is 2.26. The summed E-state index contributed by atoms with van der Waals surface area (Å²) in [7, 11) is 0. The first-order valence-corrected chi connectivity index (χ1v) is 7.66. The van der Waals surface area contributed by atoms with Crippen molar-refractivity contribution in [1.29, 1.82) is 0 Å². The SMILES string of the molecule is CCn1c(CNC(=O)COc2ccc(Cl)c(Cl)c2)n[nH]c1=S. The number of aromatic nitrogens is 3. The largest absolute Gasteiger partial charge is 0.484 e. The average molecular weight is 361 g/mol. The fourth-order valence-electron chi connectivity index (χ4n) is 1.76. The Morgan fingerprint density at radius 1 is 1.45 bits per heavy atom. The van der Waals surface area contributed by atoms with Gasteiger partial charge in [0.1, 0.15) is 5.75 Å². The Balaban J connectivity index is 1.85. The van der Waals surface area contributed by atoms with Crippen LogP contribution >= 0.6 is 35.4 Å². The number of benzene rings is 1. The van der Waals surface area contributed by atoms with Gasteiger partial charge in [-0.3, -0.25) is 9.89 Å². The van der Waals surface area contributed by atoms with Crippen LogP contribution in [0.2, 0.25) is 10.0 Å². The van der Waals surface area contributed by atoms with Crippen LogP contribution in [-0.2, 0) is 17.9 Å². The number of hydrogen-bond donors (Lipinski definition) is 2. The molecule has 9 heteroatoms. The van der Waals surface area contributed by atoms with Crippen molar-refractivity contribution in [3.8, 4) is 5.75 Å². The molecule has 0 unspecified atom stereocenters. The van der Waals surface area contributed by atoms with Gasteiger partial charge in [0.2, 0.25) is 0 Å². The summed E-state index contributed by atoms with van der Waals surface area (Å²) in [6.07, 6.45) is 0. The molecule has 2 aromatic rings. The van der Waals surface area contributed by atoms with Crippen LogP contribution in [0.4, 0.5) is 0 Å². The van der Waals surface area contributed by atoms with E-state index >= 15 is 0 Å².